The molecule has 0 fully saturated rings. The number of hydrogen-bond donors (Lipinski definition) is 3. The third-order valence-electron chi connectivity index (χ3n) is 4.94. The molecule has 0 spiro atoms. The van der Waals surface area contributed by atoms with Crippen LogP contribution in [-0.2, 0) is 25.0 Å². The van der Waals surface area contributed by atoms with Crippen molar-refractivity contribution in [1.82, 2.24) is 35.3 Å². The number of amides is 1. The summed E-state index contributed by atoms with van der Waals surface area (Å²) in [6, 6.07) is 7.03. The van der Waals surface area contributed by atoms with Gasteiger partial charge in [-0.1, -0.05) is 11.6 Å². The van der Waals surface area contributed by atoms with Gasteiger partial charge in [-0.2, -0.15) is 5.10 Å². The van der Waals surface area contributed by atoms with E-state index in [2.05, 4.69) is 30.6 Å². The van der Waals surface area contributed by atoms with Crippen LogP contribution in [0.2, 0.25) is 5.15 Å². The molecule has 4 rings (SSSR count). The summed E-state index contributed by atoms with van der Waals surface area (Å²) < 4.78 is 48.6. The summed E-state index contributed by atoms with van der Waals surface area (Å²) in [5, 5.41) is 16.6. The molecule has 0 unspecified atom stereocenters. The minimum Gasteiger partial charge on any atom is -0.494 e. The van der Waals surface area contributed by atoms with Gasteiger partial charge in [0, 0.05) is 30.3 Å². The number of anilines is 3. The third-order valence-corrected chi connectivity index (χ3v) is 5.12. The first-order chi connectivity index (χ1) is 18.9. The van der Waals surface area contributed by atoms with Gasteiger partial charge in [-0.25, -0.2) is 14.4 Å². The van der Waals surface area contributed by atoms with E-state index >= 15 is 0 Å². The molecule has 1 amide bonds. The van der Waals surface area contributed by atoms with E-state index in [-0.39, 0.29) is 35.6 Å². The smallest absolute Gasteiger partial charge is 0.273 e. The van der Waals surface area contributed by atoms with Gasteiger partial charge in [-0.05, 0) is 23.8 Å². The first-order valence-electron chi connectivity index (χ1n) is 12.1. The summed E-state index contributed by atoms with van der Waals surface area (Å²) in [4.78, 5) is 21.0. The molecule has 3 heterocycles. The molecule has 0 aliphatic carbocycles. The predicted molar refractivity (Wildman–Crippen MR) is 134 cm³/mol. The van der Waals surface area contributed by atoms with Gasteiger partial charge in [0.15, 0.2) is 22.4 Å². The average molecular weight is 531 g/mol. The maximum atomic E-state index is 13.7. The maximum Gasteiger partial charge on any atom is 0.273 e. The Balaban J connectivity index is 1.72. The number of hydrogen-bond acceptors (Lipinski definition) is 10. The van der Waals surface area contributed by atoms with Crippen LogP contribution in [0.4, 0.5) is 21.6 Å². The van der Waals surface area contributed by atoms with Crippen LogP contribution in [0.3, 0.4) is 0 Å². The van der Waals surface area contributed by atoms with Gasteiger partial charge in [-0.3, -0.25) is 9.48 Å². The van der Waals surface area contributed by atoms with Crippen molar-refractivity contribution in [2.45, 2.75) is 13.2 Å². The van der Waals surface area contributed by atoms with Gasteiger partial charge in [0.05, 0.1) is 43.0 Å². The molecule has 4 N–H and O–H groups in total. The molecular formula is C23H23ClFN9O3. The highest BCUT2D eigenvalue weighted by Gasteiger charge is 2.20. The number of nitrogens with zero attached hydrogens (tertiary/aromatic N) is 6. The fraction of sp³-hybridized carbons (Fsp3) is 0.217. The van der Waals surface area contributed by atoms with E-state index in [0.29, 0.717) is 34.1 Å². The maximum absolute atomic E-state index is 13.7. The Kier molecular flexibility index (Phi) is 6.59. The quantitative estimate of drug-likeness (QED) is 0.294. The van der Waals surface area contributed by atoms with Gasteiger partial charge in [-0.15, -0.1) is 10.2 Å². The number of benzene rings is 1. The van der Waals surface area contributed by atoms with Gasteiger partial charge in [0.1, 0.15) is 18.0 Å². The number of pyridine rings is 1. The topological polar surface area (TPSA) is 155 Å². The summed E-state index contributed by atoms with van der Waals surface area (Å²) in [6.45, 7) is -2.75. The van der Waals surface area contributed by atoms with Crippen LogP contribution in [0.1, 0.15) is 25.9 Å². The normalized spacial score (nSPS) is 12.4. The van der Waals surface area contributed by atoms with Crippen molar-refractivity contribution in [3.63, 3.8) is 0 Å². The molecule has 1 aromatic carbocycles. The van der Waals surface area contributed by atoms with E-state index in [1.807, 2.05) is 5.32 Å². The van der Waals surface area contributed by atoms with Gasteiger partial charge >= 0.3 is 0 Å². The van der Waals surface area contributed by atoms with Crippen LogP contribution in [-0.4, -0.2) is 49.9 Å². The van der Waals surface area contributed by atoms with E-state index in [1.165, 1.54) is 30.3 Å². The number of carbonyl (C=O) groups is 1. The summed E-state index contributed by atoms with van der Waals surface area (Å²) in [5.41, 5.74) is 7.05. The van der Waals surface area contributed by atoms with E-state index < -0.39 is 18.7 Å². The molecule has 0 bridgehead atoms. The molecule has 3 aromatic heterocycles. The predicted octanol–water partition coefficient (Wildman–Crippen LogP) is 2.87. The second-order valence-corrected chi connectivity index (χ2v) is 8.06. The number of aromatic nitrogens is 6. The molecule has 0 saturated carbocycles. The number of nitrogen functional groups attached to an aromatic ring is 1. The molecule has 0 aliphatic heterocycles. The number of halogens is 2. The zero-order valence-corrected chi connectivity index (χ0v) is 20.4. The molecule has 14 heteroatoms. The van der Waals surface area contributed by atoms with Crippen molar-refractivity contribution < 1.29 is 22.8 Å². The molecule has 4 aromatic rings. The Labute approximate surface area is 220 Å². The van der Waals surface area contributed by atoms with Crippen molar-refractivity contribution >= 4 is 34.7 Å². The fourth-order valence-corrected chi connectivity index (χ4v) is 3.62. The highest BCUT2D eigenvalue weighted by atomic mass is 35.5. The number of methoxy groups -OCH3 is 1. The van der Waals surface area contributed by atoms with Crippen molar-refractivity contribution in [3.05, 3.63) is 64.6 Å². The lowest BCUT2D eigenvalue weighted by atomic mass is 10.1. The Bertz CT molecular complexity index is 1530. The van der Waals surface area contributed by atoms with Crippen molar-refractivity contribution in [2.24, 2.45) is 7.05 Å². The Morgan fingerprint density at radius 3 is 2.76 bits per heavy atom. The monoisotopic (exact) mass is 530 g/mol. The molecule has 0 aliphatic rings. The summed E-state index contributed by atoms with van der Waals surface area (Å²) >= 11 is 6.03. The van der Waals surface area contributed by atoms with Crippen LogP contribution >= 0.6 is 11.6 Å². The van der Waals surface area contributed by atoms with Crippen LogP contribution in [0.25, 0.3) is 11.4 Å². The summed E-state index contributed by atoms with van der Waals surface area (Å²) in [5.74, 6) is -0.882. The van der Waals surface area contributed by atoms with Gasteiger partial charge < -0.3 is 25.8 Å². The highest BCUT2D eigenvalue weighted by molar-refractivity contribution is 6.29. The molecule has 0 atom stereocenters. The standard InChI is InChI=1S/C23H23ClFN9O3/c1-27-23(35)20-16(8-18(24)31-32-20)30-17-5-12(9-37-10-14-6-13(25)7-19(26)29-14)4-15(21(17)36-3)22-28-11-34(2)33-22/h4-8,11H,9-10H2,1-3H3,(H2,26,29)(H,27,35)(H,30,31)/i1D3. The first kappa shape index (κ1) is 21.9. The molecule has 0 saturated heterocycles. The molecule has 192 valence electrons. The van der Waals surface area contributed by atoms with E-state index in [9.17, 15) is 9.18 Å². The van der Waals surface area contributed by atoms with Crippen LogP contribution in [0.15, 0.2) is 36.7 Å². The van der Waals surface area contributed by atoms with Gasteiger partial charge in [0.25, 0.3) is 5.91 Å². The summed E-state index contributed by atoms with van der Waals surface area (Å²) in [6.07, 6.45) is 1.51. The molecule has 0 radical (unpaired) electrons. The second-order valence-electron chi connectivity index (χ2n) is 7.67. The van der Waals surface area contributed by atoms with Crippen LogP contribution < -0.4 is 21.1 Å². The van der Waals surface area contributed by atoms with Gasteiger partial charge in [0.2, 0.25) is 0 Å². The molecule has 37 heavy (non-hydrogen) atoms. The fourth-order valence-electron chi connectivity index (χ4n) is 3.47. The van der Waals surface area contributed by atoms with Crippen LogP contribution in [0, 0.1) is 5.82 Å². The van der Waals surface area contributed by atoms with E-state index in [4.69, 9.17) is 30.9 Å². The number of aryl methyl sites for hydroxylation is 1. The largest absolute Gasteiger partial charge is 0.494 e. The third kappa shape index (κ3) is 6.08. The Morgan fingerprint density at radius 1 is 1.22 bits per heavy atom. The lowest BCUT2D eigenvalue weighted by Gasteiger charge is -2.17. The molecule has 12 nitrogen and oxygen atoms in total. The second kappa shape index (κ2) is 11.1. The number of nitrogens with two attached hydrogens (primary N) is 1. The zero-order chi connectivity index (χ0) is 29.0. The van der Waals surface area contributed by atoms with Crippen molar-refractivity contribution in [2.75, 3.05) is 25.1 Å². The Morgan fingerprint density at radius 2 is 2.05 bits per heavy atom. The van der Waals surface area contributed by atoms with E-state index in [1.54, 1.807) is 19.2 Å². The highest BCUT2D eigenvalue weighted by Crippen LogP contribution is 2.39. The van der Waals surface area contributed by atoms with E-state index in [0.717, 1.165) is 6.07 Å². The van der Waals surface area contributed by atoms with Crippen LogP contribution in [0.5, 0.6) is 5.75 Å². The lowest BCUT2D eigenvalue weighted by Crippen LogP contribution is -2.21. The Hall–Kier alpha value is -4.36. The number of rotatable bonds is 9. The first-order valence-corrected chi connectivity index (χ1v) is 11.0. The van der Waals surface area contributed by atoms with Crippen molar-refractivity contribution in [3.8, 4) is 17.1 Å². The average Bonchev–Trinajstić information content (AvgIpc) is 3.28. The number of nitrogens with one attached hydrogen (secondary N) is 2. The SMILES string of the molecule is [2H]C([2H])([2H])NC(=O)c1nnc(Cl)cc1Nc1cc(COCc2cc(F)cc(N)n2)cc(-c2ncn(C)n2)c1OC. The van der Waals surface area contributed by atoms with Crippen molar-refractivity contribution in [1.29, 1.82) is 0 Å². The minimum absolute atomic E-state index is 0.0287. The summed E-state index contributed by atoms with van der Waals surface area (Å²) in [7, 11) is 3.14. The molecular weight excluding hydrogens is 505 g/mol. The number of carbonyl (C=O) groups excluding carboxylic acids is 1. The minimum atomic E-state index is -2.76. The lowest BCUT2D eigenvalue weighted by molar-refractivity contribution is 0.0958. The number of ether oxygens (including phenoxy) is 2. The zero-order valence-electron chi connectivity index (χ0n) is 22.6.